The van der Waals surface area contributed by atoms with Gasteiger partial charge in [-0.15, -0.1) is 11.8 Å². The van der Waals surface area contributed by atoms with Gasteiger partial charge < -0.3 is 0 Å². The Hall–Kier alpha value is -0.430. The van der Waals surface area contributed by atoms with E-state index in [1.165, 1.54) is 16.9 Å². The quantitative estimate of drug-likeness (QED) is 0.646. The van der Waals surface area contributed by atoms with Gasteiger partial charge >= 0.3 is 0 Å². The molecule has 0 amide bonds. The van der Waals surface area contributed by atoms with Crippen LogP contribution in [-0.2, 0) is 0 Å². The first-order valence-electron chi connectivity index (χ1n) is 5.40. The van der Waals surface area contributed by atoms with Crippen LogP contribution in [0.5, 0.6) is 0 Å². The second-order valence-corrected chi connectivity index (χ2v) is 5.69. The molecule has 0 saturated carbocycles. The molecule has 1 unspecified atom stereocenters. The monoisotopic (exact) mass is 208 g/mol. The van der Waals surface area contributed by atoms with Crippen LogP contribution in [0.3, 0.4) is 0 Å². The Morgan fingerprint density at radius 3 is 2.07 bits per heavy atom. The Morgan fingerprint density at radius 2 is 1.64 bits per heavy atom. The first kappa shape index (κ1) is 11.6. The van der Waals surface area contributed by atoms with E-state index in [2.05, 4.69) is 52.0 Å². The molecule has 0 spiro atoms. The third-order valence-corrected chi connectivity index (χ3v) is 3.45. The Kier molecular flexibility index (Phi) is 4.53. The lowest BCUT2D eigenvalue weighted by Gasteiger charge is -2.10. The van der Waals surface area contributed by atoms with Crippen molar-refractivity contribution in [2.45, 2.75) is 50.2 Å². The number of hydrogen-bond acceptors (Lipinski definition) is 1. The van der Waals surface area contributed by atoms with Crippen molar-refractivity contribution in [2.24, 2.45) is 0 Å². The first-order chi connectivity index (χ1) is 6.63. The van der Waals surface area contributed by atoms with Crippen LogP contribution in [0.4, 0.5) is 0 Å². The summed E-state index contributed by atoms with van der Waals surface area (Å²) in [6.45, 7) is 8.98. The van der Waals surface area contributed by atoms with Crippen molar-refractivity contribution < 1.29 is 0 Å². The highest BCUT2D eigenvalue weighted by Crippen LogP contribution is 2.25. The number of benzene rings is 1. The van der Waals surface area contributed by atoms with Gasteiger partial charge in [0.25, 0.3) is 0 Å². The van der Waals surface area contributed by atoms with Gasteiger partial charge in [-0.05, 0) is 30.0 Å². The summed E-state index contributed by atoms with van der Waals surface area (Å²) in [5.41, 5.74) is 1.46. The molecular formula is C13H20S. The molecule has 0 aliphatic rings. The second kappa shape index (κ2) is 5.45. The minimum Gasteiger partial charge on any atom is -0.123 e. The van der Waals surface area contributed by atoms with Crippen molar-refractivity contribution in [3.8, 4) is 0 Å². The Morgan fingerprint density at radius 1 is 1.07 bits per heavy atom. The predicted octanol–water partition coefficient (Wildman–Crippen LogP) is 4.70. The topological polar surface area (TPSA) is 0 Å². The van der Waals surface area contributed by atoms with Crippen molar-refractivity contribution >= 4 is 11.8 Å². The van der Waals surface area contributed by atoms with Gasteiger partial charge in [-0.25, -0.2) is 0 Å². The largest absolute Gasteiger partial charge is 0.123 e. The Bertz CT molecular complexity index is 261. The fourth-order valence-corrected chi connectivity index (χ4v) is 2.22. The molecule has 0 aliphatic heterocycles. The molecule has 0 aromatic heterocycles. The van der Waals surface area contributed by atoms with Gasteiger partial charge in [0.05, 0.1) is 0 Å². The molecule has 0 radical (unpaired) electrons. The first-order valence-corrected chi connectivity index (χ1v) is 6.28. The van der Waals surface area contributed by atoms with Crippen molar-refractivity contribution in [2.75, 3.05) is 0 Å². The standard InChI is InChI=1S/C13H20S/c1-5-11(4)12-6-8-13(9-7-12)14-10(2)3/h6-11H,5H2,1-4H3. The maximum atomic E-state index is 2.28. The van der Waals surface area contributed by atoms with Gasteiger partial charge in [-0.1, -0.05) is 39.8 Å². The number of thioether (sulfide) groups is 1. The lowest BCUT2D eigenvalue weighted by molar-refractivity contribution is 0.733. The number of rotatable bonds is 4. The summed E-state index contributed by atoms with van der Waals surface area (Å²) < 4.78 is 0. The van der Waals surface area contributed by atoms with Crippen LogP contribution in [0.25, 0.3) is 0 Å². The van der Waals surface area contributed by atoms with Crippen LogP contribution in [0.2, 0.25) is 0 Å². The molecule has 14 heavy (non-hydrogen) atoms. The van der Waals surface area contributed by atoms with Crippen molar-refractivity contribution in [1.82, 2.24) is 0 Å². The highest BCUT2D eigenvalue weighted by atomic mass is 32.2. The SMILES string of the molecule is CCC(C)c1ccc(SC(C)C)cc1. The summed E-state index contributed by atoms with van der Waals surface area (Å²) in [6, 6.07) is 9.01. The molecule has 0 saturated heterocycles. The average molecular weight is 208 g/mol. The van der Waals surface area contributed by atoms with E-state index in [0.29, 0.717) is 11.2 Å². The van der Waals surface area contributed by atoms with Gasteiger partial charge in [0.15, 0.2) is 0 Å². The maximum Gasteiger partial charge on any atom is 0.00747 e. The van der Waals surface area contributed by atoms with E-state index in [4.69, 9.17) is 0 Å². The lowest BCUT2D eigenvalue weighted by Crippen LogP contribution is -1.91. The van der Waals surface area contributed by atoms with E-state index in [1.54, 1.807) is 0 Å². The molecule has 1 heteroatoms. The van der Waals surface area contributed by atoms with Crippen LogP contribution >= 0.6 is 11.8 Å². The summed E-state index contributed by atoms with van der Waals surface area (Å²) in [5.74, 6) is 0.688. The lowest BCUT2D eigenvalue weighted by atomic mass is 9.99. The van der Waals surface area contributed by atoms with Crippen LogP contribution < -0.4 is 0 Å². The fraction of sp³-hybridized carbons (Fsp3) is 0.538. The van der Waals surface area contributed by atoms with E-state index in [9.17, 15) is 0 Å². The van der Waals surface area contributed by atoms with E-state index >= 15 is 0 Å². The maximum absolute atomic E-state index is 2.28. The molecule has 0 N–H and O–H groups in total. The molecule has 1 aromatic rings. The summed E-state index contributed by atoms with van der Waals surface area (Å²) >= 11 is 1.93. The molecule has 78 valence electrons. The number of hydrogen-bond donors (Lipinski definition) is 0. The third kappa shape index (κ3) is 3.38. The van der Waals surface area contributed by atoms with Gasteiger partial charge in [-0.2, -0.15) is 0 Å². The van der Waals surface area contributed by atoms with Crippen molar-refractivity contribution in [3.05, 3.63) is 29.8 Å². The highest BCUT2D eigenvalue weighted by Gasteiger charge is 2.03. The second-order valence-electron chi connectivity index (χ2n) is 4.04. The molecule has 1 rings (SSSR count). The highest BCUT2D eigenvalue weighted by molar-refractivity contribution is 7.99. The summed E-state index contributed by atoms with van der Waals surface area (Å²) in [7, 11) is 0. The van der Waals surface area contributed by atoms with Gasteiger partial charge in [0, 0.05) is 10.1 Å². The van der Waals surface area contributed by atoms with Crippen LogP contribution in [0.15, 0.2) is 29.2 Å². The molecule has 0 aliphatic carbocycles. The predicted molar refractivity (Wildman–Crippen MR) is 66.1 cm³/mol. The zero-order valence-corrected chi connectivity index (χ0v) is 10.4. The molecule has 1 aromatic carbocycles. The van der Waals surface area contributed by atoms with Crippen molar-refractivity contribution in [3.63, 3.8) is 0 Å². The molecule has 0 fully saturated rings. The minimum absolute atomic E-state index is 0.671. The molecule has 0 bridgehead atoms. The summed E-state index contributed by atoms with van der Waals surface area (Å²) in [5, 5.41) is 0.671. The molecule has 1 atom stereocenters. The third-order valence-electron chi connectivity index (χ3n) is 2.43. The summed E-state index contributed by atoms with van der Waals surface area (Å²) in [6.07, 6.45) is 1.22. The minimum atomic E-state index is 0.671. The van der Waals surface area contributed by atoms with Gasteiger partial charge in [0.1, 0.15) is 0 Å². The Balaban J connectivity index is 2.68. The fourth-order valence-electron chi connectivity index (χ4n) is 1.38. The van der Waals surface area contributed by atoms with E-state index < -0.39 is 0 Å². The zero-order chi connectivity index (χ0) is 10.6. The van der Waals surface area contributed by atoms with E-state index in [0.717, 1.165) is 0 Å². The summed E-state index contributed by atoms with van der Waals surface area (Å²) in [4.78, 5) is 1.38. The van der Waals surface area contributed by atoms with Gasteiger partial charge in [-0.3, -0.25) is 0 Å². The molecule has 0 nitrogen and oxygen atoms in total. The molecule has 0 heterocycles. The van der Waals surface area contributed by atoms with E-state index in [1.807, 2.05) is 11.8 Å². The van der Waals surface area contributed by atoms with Crippen LogP contribution in [-0.4, -0.2) is 5.25 Å². The van der Waals surface area contributed by atoms with E-state index in [-0.39, 0.29) is 0 Å². The van der Waals surface area contributed by atoms with Gasteiger partial charge in [0.2, 0.25) is 0 Å². The van der Waals surface area contributed by atoms with Crippen LogP contribution in [0, 0.1) is 0 Å². The smallest absolute Gasteiger partial charge is 0.00747 e. The van der Waals surface area contributed by atoms with Crippen molar-refractivity contribution in [1.29, 1.82) is 0 Å². The average Bonchev–Trinajstić information content (AvgIpc) is 2.17. The Labute approximate surface area is 92.1 Å². The zero-order valence-electron chi connectivity index (χ0n) is 9.58. The normalized spacial score (nSPS) is 13.2. The molecular weight excluding hydrogens is 188 g/mol. The van der Waals surface area contributed by atoms with Crippen LogP contribution in [0.1, 0.15) is 45.6 Å².